The summed E-state index contributed by atoms with van der Waals surface area (Å²) < 4.78 is 5.24. The fourth-order valence-electron chi connectivity index (χ4n) is 5.01. The predicted molar refractivity (Wildman–Crippen MR) is 174 cm³/mol. The first-order chi connectivity index (χ1) is 22.4. The number of esters is 1. The Labute approximate surface area is 269 Å². The van der Waals surface area contributed by atoms with E-state index in [4.69, 9.17) is 4.74 Å². The van der Waals surface area contributed by atoms with E-state index in [9.17, 15) is 24.4 Å². The highest BCUT2D eigenvalue weighted by atomic mass is 32.2. The average Bonchev–Trinajstić information content (AvgIpc) is 3.39. The molecule has 0 bridgehead atoms. The molecular weight excluding hydrogens is 598 g/mol. The van der Waals surface area contributed by atoms with E-state index in [1.165, 1.54) is 24.3 Å². The number of amides is 2. The first-order valence-electron chi connectivity index (χ1n) is 14.4. The maximum absolute atomic E-state index is 13.4. The first-order valence-corrected chi connectivity index (χ1v) is 15.2. The van der Waals surface area contributed by atoms with Gasteiger partial charge in [-0.05, 0) is 47.5 Å². The molecule has 1 aliphatic heterocycles. The number of thioether (sulfide) groups is 1. The van der Waals surface area contributed by atoms with E-state index in [-0.39, 0.29) is 17.8 Å². The number of nitriles is 1. The van der Waals surface area contributed by atoms with Gasteiger partial charge in [0.15, 0.2) is 12.4 Å². The molecule has 1 aliphatic rings. The number of imide groups is 1. The summed E-state index contributed by atoms with van der Waals surface area (Å²) in [6, 6.07) is 37.7. The van der Waals surface area contributed by atoms with E-state index < -0.39 is 29.6 Å². The number of rotatable bonds is 9. The van der Waals surface area contributed by atoms with Crippen LogP contribution in [0.2, 0.25) is 0 Å². The van der Waals surface area contributed by atoms with Crippen molar-refractivity contribution >= 4 is 41.0 Å². The van der Waals surface area contributed by atoms with Crippen LogP contribution in [0.4, 0.5) is 5.69 Å². The Hall–Kier alpha value is -5.85. The standard InChI is InChI=1S/C37H25N3O5S/c38-22-29-17-20-31(26-9-5-2-6-10-26)39-35(29)46-33-21-34(42)40(36(33)43)30-18-15-28(16-19-30)37(44)45-23-32(41)27-13-11-25(12-14-27)24-7-3-1-4-8-24/h1-20,33H,21,23H2. The summed E-state index contributed by atoms with van der Waals surface area (Å²) >= 11 is 1.08. The van der Waals surface area contributed by atoms with Crippen LogP contribution in [0.3, 0.4) is 0 Å². The molecule has 0 spiro atoms. The molecule has 0 radical (unpaired) electrons. The highest BCUT2D eigenvalue weighted by Crippen LogP contribution is 2.35. The molecule has 0 aliphatic carbocycles. The molecule has 2 amide bonds. The number of ether oxygens (including phenoxy) is 1. The Bertz CT molecular complexity index is 1970. The Morgan fingerprint density at radius 1 is 0.783 bits per heavy atom. The minimum Gasteiger partial charge on any atom is -0.454 e. The Balaban J connectivity index is 1.08. The van der Waals surface area contributed by atoms with Crippen molar-refractivity contribution in [3.05, 3.63) is 138 Å². The number of pyridine rings is 1. The van der Waals surface area contributed by atoms with Crippen LogP contribution in [-0.4, -0.2) is 40.4 Å². The van der Waals surface area contributed by atoms with E-state index >= 15 is 0 Å². The summed E-state index contributed by atoms with van der Waals surface area (Å²) in [6.07, 6.45) is -0.0656. The van der Waals surface area contributed by atoms with Gasteiger partial charge in [0.05, 0.1) is 27.8 Å². The predicted octanol–water partition coefficient (Wildman–Crippen LogP) is 6.75. The van der Waals surface area contributed by atoms with Gasteiger partial charge in [-0.1, -0.05) is 96.7 Å². The van der Waals surface area contributed by atoms with Crippen LogP contribution in [0.15, 0.2) is 126 Å². The molecule has 0 saturated carbocycles. The number of Topliss-reactive ketones (excluding diaryl/α,β-unsaturated/α-hetero) is 1. The molecule has 8 nitrogen and oxygen atoms in total. The zero-order valence-electron chi connectivity index (χ0n) is 24.3. The Morgan fingerprint density at radius 2 is 1.39 bits per heavy atom. The van der Waals surface area contributed by atoms with Crippen molar-refractivity contribution in [2.24, 2.45) is 0 Å². The van der Waals surface area contributed by atoms with Crippen molar-refractivity contribution in [1.82, 2.24) is 4.98 Å². The van der Waals surface area contributed by atoms with Crippen LogP contribution < -0.4 is 4.90 Å². The average molecular weight is 624 g/mol. The molecule has 1 unspecified atom stereocenters. The maximum Gasteiger partial charge on any atom is 0.338 e. The van der Waals surface area contributed by atoms with Crippen molar-refractivity contribution in [2.45, 2.75) is 16.7 Å². The third kappa shape index (κ3) is 6.48. The number of carbonyl (C=O) groups is 4. The van der Waals surface area contributed by atoms with Crippen LogP contribution in [0, 0.1) is 11.3 Å². The van der Waals surface area contributed by atoms with E-state index in [0.717, 1.165) is 33.4 Å². The van der Waals surface area contributed by atoms with Crippen LogP contribution >= 0.6 is 11.8 Å². The van der Waals surface area contributed by atoms with Gasteiger partial charge in [0.25, 0.3) is 0 Å². The summed E-state index contributed by atoms with van der Waals surface area (Å²) in [5.41, 5.74) is 4.72. The molecule has 224 valence electrons. The number of ketones is 1. The van der Waals surface area contributed by atoms with Crippen molar-refractivity contribution in [2.75, 3.05) is 11.5 Å². The van der Waals surface area contributed by atoms with Crippen LogP contribution in [0.25, 0.3) is 22.4 Å². The lowest BCUT2D eigenvalue weighted by molar-refractivity contribution is -0.121. The van der Waals surface area contributed by atoms with Crippen molar-refractivity contribution in [3.63, 3.8) is 0 Å². The van der Waals surface area contributed by atoms with Gasteiger partial charge in [-0.3, -0.25) is 14.4 Å². The van der Waals surface area contributed by atoms with Gasteiger partial charge in [-0.15, -0.1) is 0 Å². The summed E-state index contributed by atoms with van der Waals surface area (Å²) in [4.78, 5) is 57.3. The highest BCUT2D eigenvalue weighted by molar-refractivity contribution is 8.00. The number of benzene rings is 4. The normalized spacial score (nSPS) is 14.2. The molecule has 4 aromatic carbocycles. The molecule has 9 heteroatoms. The number of hydrogen-bond acceptors (Lipinski definition) is 8. The van der Waals surface area contributed by atoms with Gasteiger partial charge in [0.2, 0.25) is 11.8 Å². The first kappa shape index (κ1) is 30.2. The Kier molecular flexibility index (Phi) is 8.81. The molecule has 1 aromatic heterocycles. The van der Waals surface area contributed by atoms with Crippen molar-refractivity contribution in [3.8, 4) is 28.5 Å². The molecule has 0 N–H and O–H groups in total. The summed E-state index contributed by atoms with van der Waals surface area (Å²) in [5.74, 6) is -1.89. The van der Waals surface area contributed by atoms with E-state index in [2.05, 4.69) is 11.1 Å². The van der Waals surface area contributed by atoms with E-state index in [0.29, 0.717) is 27.5 Å². The number of anilines is 1. The SMILES string of the molecule is N#Cc1ccc(-c2ccccc2)nc1SC1CC(=O)N(c2ccc(C(=O)OCC(=O)c3ccc(-c4ccccc4)cc3)cc2)C1=O. The van der Waals surface area contributed by atoms with Crippen LogP contribution in [-0.2, 0) is 14.3 Å². The van der Waals surface area contributed by atoms with Crippen molar-refractivity contribution < 1.29 is 23.9 Å². The monoisotopic (exact) mass is 623 g/mol. The second-order valence-corrected chi connectivity index (χ2v) is 11.6. The highest BCUT2D eigenvalue weighted by Gasteiger charge is 2.41. The second-order valence-electron chi connectivity index (χ2n) is 10.4. The van der Waals surface area contributed by atoms with E-state index in [1.807, 2.05) is 72.8 Å². The molecule has 46 heavy (non-hydrogen) atoms. The molecule has 1 fully saturated rings. The number of carbonyl (C=O) groups excluding carboxylic acids is 4. The van der Waals surface area contributed by atoms with Crippen LogP contribution in [0.1, 0.15) is 32.7 Å². The number of aromatic nitrogens is 1. The maximum atomic E-state index is 13.4. The van der Waals surface area contributed by atoms with Crippen LogP contribution in [0.5, 0.6) is 0 Å². The fraction of sp³-hybridized carbons (Fsp3) is 0.0811. The van der Waals surface area contributed by atoms with Gasteiger partial charge in [0.1, 0.15) is 11.1 Å². The number of hydrogen-bond donors (Lipinski definition) is 0. The summed E-state index contributed by atoms with van der Waals surface area (Å²) in [5, 5.41) is 9.23. The van der Waals surface area contributed by atoms with Crippen molar-refractivity contribution in [1.29, 1.82) is 5.26 Å². The lowest BCUT2D eigenvalue weighted by Crippen LogP contribution is -2.31. The Morgan fingerprint density at radius 3 is 2.04 bits per heavy atom. The zero-order valence-corrected chi connectivity index (χ0v) is 25.1. The van der Waals surface area contributed by atoms with Gasteiger partial charge < -0.3 is 4.74 Å². The molecule has 5 aromatic rings. The zero-order chi connectivity index (χ0) is 32.0. The second kappa shape index (κ2) is 13.4. The van der Waals surface area contributed by atoms with Gasteiger partial charge in [-0.25, -0.2) is 14.7 Å². The van der Waals surface area contributed by atoms with Gasteiger partial charge >= 0.3 is 5.97 Å². The molecule has 6 rings (SSSR count). The largest absolute Gasteiger partial charge is 0.454 e. The van der Waals surface area contributed by atoms with Gasteiger partial charge in [0, 0.05) is 17.5 Å². The third-order valence-electron chi connectivity index (χ3n) is 7.42. The summed E-state index contributed by atoms with van der Waals surface area (Å²) in [6.45, 7) is -0.433. The molecular formula is C37H25N3O5S. The van der Waals surface area contributed by atoms with E-state index in [1.54, 1.807) is 24.3 Å². The number of nitrogens with zero attached hydrogens (tertiary/aromatic N) is 3. The lowest BCUT2D eigenvalue weighted by Gasteiger charge is -2.15. The third-order valence-corrected chi connectivity index (χ3v) is 8.61. The summed E-state index contributed by atoms with van der Waals surface area (Å²) in [7, 11) is 0. The quantitative estimate of drug-likeness (QED) is 0.101. The smallest absolute Gasteiger partial charge is 0.338 e. The van der Waals surface area contributed by atoms with Gasteiger partial charge in [-0.2, -0.15) is 5.26 Å². The lowest BCUT2D eigenvalue weighted by atomic mass is 10.0. The minimum absolute atomic E-state index is 0.0656. The minimum atomic E-state index is -0.768. The molecule has 1 atom stereocenters. The molecule has 2 heterocycles. The fourth-order valence-corrected chi connectivity index (χ4v) is 6.10. The molecule has 1 saturated heterocycles. The topological polar surface area (TPSA) is 117 Å².